The minimum absolute atomic E-state index is 0.0344. The van der Waals surface area contributed by atoms with Crippen molar-refractivity contribution in [2.45, 2.75) is 38.1 Å². The van der Waals surface area contributed by atoms with Crippen molar-refractivity contribution in [1.29, 1.82) is 0 Å². The summed E-state index contributed by atoms with van der Waals surface area (Å²) in [5.74, 6) is 5.59. The van der Waals surface area contributed by atoms with Crippen molar-refractivity contribution in [2.75, 3.05) is 111 Å². The molecule has 362 valence electrons. The number of alkyl halides is 1. The van der Waals surface area contributed by atoms with Gasteiger partial charge >= 0.3 is 11.9 Å². The minimum Gasteiger partial charge on any atom is -0.465 e. The summed E-state index contributed by atoms with van der Waals surface area (Å²) in [5.41, 5.74) is 2.72. The van der Waals surface area contributed by atoms with Crippen molar-refractivity contribution in [2.24, 2.45) is 0 Å². The van der Waals surface area contributed by atoms with Gasteiger partial charge in [-0.15, -0.1) is 11.6 Å². The van der Waals surface area contributed by atoms with E-state index in [1.54, 1.807) is 86.4 Å². The van der Waals surface area contributed by atoms with Gasteiger partial charge in [-0.25, -0.2) is 0 Å². The number of esters is 2. The van der Waals surface area contributed by atoms with Crippen molar-refractivity contribution in [3.63, 3.8) is 0 Å². The van der Waals surface area contributed by atoms with Crippen LogP contribution in [-0.4, -0.2) is 150 Å². The molecular weight excluding hydrogens is 996 g/mol. The number of carbonyl (C=O) groups excluding carboxylic acids is 2. The lowest BCUT2D eigenvalue weighted by Gasteiger charge is -2.36. The second-order valence-electron chi connectivity index (χ2n) is 12.5. The fourth-order valence-electron chi connectivity index (χ4n) is 5.12. The first-order chi connectivity index (χ1) is 31.4. The number of ether oxygens (including phenoxy) is 5. The molecule has 64 heavy (non-hydrogen) atoms. The Labute approximate surface area is 417 Å². The second kappa shape index (κ2) is 44.9. The van der Waals surface area contributed by atoms with Crippen LogP contribution in [0.1, 0.15) is 42.9 Å². The highest BCUT2D eigenvalue weighted by molar-refractivity contribution is 8.77. The average Bonchev–Trinajstić information content (AvgIpc) is 3.34. The first-order valence-corrected chi connectivity index (χ1v) is 31.2. The lowest BCUT2D eigenvalue weighted by Crippen LogP contribution is -2.33. The fraction of sp³-hybridized carbons (Fsp3) is 0.545. The third-order valence-corrected chi connectivity index (χ3v) is 17.3. The van der Waals surface area contributed by atoms with E-state index in [1.807, 2.05) is 18.2 Å². The third-order valence-electron chi connectivity index (χ3n) is 7.68. The molecule has 1 saturated heterocycles. The highest BCUT2D eigenvalue weighted by Crippen LogP contribution is 2.40. The van der Waals surface area contributed by atoms with Gasteiger partial charge in [0, 0.05) is 59.6 Å². The monoisotopic (exact) mass is 1060 g/mol. The van der Waals surface area contributed by atoms with Crippen molar-refractivity contribution in [3.05, 3.63) is 108 Å². The molecule has 1 unspecified atom stereocenters. The maximum Gasteiger partial charge on any atom is 0.320 e. The molecular formula is C44H65ClO11S8. The van der Waals surface area contributed by atoms with Gasteiger partial charge < -0.3 is 44.1 Å². The van der Waals surface area contributed by atoms with Gasteiger partial charge in [-0.3, -0.25) is 9.59 Å². The average molecular weight is 1060 g/mol. The molecule has 1 aliphatic heterocycles. The molecule has 3 aromatic rings. The van der Waals surface area contributed by atoms with Gasteiger partial charge in [0.2, 0.25) is 0 Å². The lowest BCUT2D eigenvalue weighted by molar-refractivity contribution is -0.158. The van der Waals surface area contributed by atoms with Gasteiger partial charge in [-0.05, 0) is 36.0 Å². The number of benzene rings is 3. The van der Waals surface area contributed by atoms with Crippen molar-refractivity contribution in [1.82, 2.24) is 0 Å². The molecule has 11 nitrogen and oxygen atoms in total. The van der Waals surface area contributed by atoms with E-state index in [-0.39, 0.29) is 50.5 Å². The first kappa shape index (κ1) is 61.4. The van der Waals surface area contributed by atoms with Crippen molar-refractivity contribution < 1.29 is 53.7 Å². The van der Waals surface area contributed by atoms with Gasteiger partial charge in [0.25, 0.3) is 0 Å². The Balaban J connectivity index is 0.000000468. The van der Waals surface area contributed by atoms with E-state index in [2.05, 4.69) is 77.5 Å². The zero-order valence-electron chi connectivity index (χ0n) is 36.4. The number of carbonyl (C=O) groups is 2. The van der Waals surface area contributed by atoms with Crippen molar-refractivity contribution in [3.8, 4) is 0 Å². The van der Waals surface area contributed by atoms with E-state index in [0.717, 1.165) is 76.6 Å². The number of hydrogen-bond acceptors (Lipinski definition) is 19. The maximum atomic E-state index is 10.5. The van der Waals surface area contributed by atoms with E-state index in [9.17, 15) is 9.59 Å². The normalized spacial score (nSPS) is 13.2. The third kappa shape index (κ3) is 31.5. The number of hydrogen-bond donors (Lipinski definition) is 4. The number of aliphatic hydroxyl groups is 4. The van der Waals surface area contributed by atoms with Crippen LogP contribution in [0, 0.1) is 0 Å². The molecule has 1 atom stereocenters. The summed E-state index contributed by atoms with van der Waals surface area (Å²) in [5, 5.41) is 34.3. The summed E-state index contributed by atoms with van der Waals surface area (Å²) in [6.45, 7) is 5.28. The quantitative estimate of drug-likeness (QED) is 0.0164. The van der Waals surface area contributed by atoms with Gasteiger partial charge in [-0.1, -0.05) is 177 Å². The lowest BCUT2D eigenvalue weighted by atomic mass is 9.80. The van der Waals surface area contributed by atoms with Crippen LogP contribution in [0.4, 0.5) is 0 Å². The summed E-state index contributed by atoms with van der Waals surface area (Å²) in [6.07, 6.45) is 3.46. The zero-order valence-corrected chi connectivity index (χ0v) is 43.7. The van der Waals surface area contributed by atoms with E-state index in [0.29, 0.717) is 25.6 Å². The van der Waals surface area contributed by atoms with Crippen LogP contribution in [0.15, 0.2) is 91.0 Å². The molecule has 4 N–H and O–H groups in total. The molecule has 20 heteroatoms. The smallest absolute Gasteiger partial charge is 0.320 e. The predicted octanol–water partition coefficient (Wildman–Crippen LogP) is 9.34. The second-order valence-corrected chi connectivity index (χ2v) is 23.5. The van der Waals surface area contributed by atoms with E-state index < -0.39 is 5.60 Å². The van der Waals surface area contributed by atoms with Crippen LogP contribution >= 0.6 is 98.0 Å². The van der Waals surface area contributed by atoms with Gasteiger partial charge in [0.1, 0.15) is 24.7 Å². The largest absolute Gasteiger partial charge is 0.465 e. The zero-order chi connectivity index (χ0) is 46.6. The summed E-state index contributed by atoms with van der Waals surface area (Å²) < 4.78 is 27.0. The van der Waals surface area contributed by atoms with Crippen molar-refractivity contribution >= 4 is 110 Å². The Morgan fingerprint density at radius 3 is 1.34 bits per heavy atom. The Morgan fingerprint density at radius 1 is 0.578 bits per heavy atom. The molecule has 0 aromatic heterocycles. The van der Waals surface area contributed by atoms with E-state index in [4.69, 9.17) is 51.0 Å². The molecule has 0 bridgehead atoms. The molecule has 1 aliphatic rings. The van der Waals surface area contributed by atoms with Crippen LogP contribution in [0.3, 0.4) is 0 Å². The van der Waals surface area contributed by atoms with Gasteiger partial charge in [0.15, 0.2) is 6.29 Å². The number of rotatable bonds is 30. The molecule has 0 amide bonds. The van der Waals surface area contributed by atoms with Crippen LogP contribution in [0.2, 0.25) is 0 Å². The molecule has 4 rings (SSSR count). The first-order valence-electron chi connectivity index (χ1n) is 20.7. The fourth-order valence-corrected chi connectivity index (χ4v) is 11.6. The Bertz CT molecular complexity index is 1400. The molecule has 1 fully saturated rings. The SMILES string of the molecule is CC(=O)OCCSSCCO.O=C(CCl)OCCSSCCO.OCCSSCCOC(c1ccccc1)(c1ccccc1)c1ccccc1.OCCSSCCOC1CCCCO1. The number of halogens is 1. The van der Waals surface area contributed by atoms with Crippen LogP contribution in [0.25, 0.3) is 0 Å². The molecule has 0 spiro atoms. The number of aliphatic hydroxyl groups excluding tert-OH is 4. The summed E-state index contributed by atoms with van der Waals surface area (Å²) in [7, 11) is 13.1. The summed E-state index contributed by atoms with van der Waals surface area (Å²) >= 11 is 5.19. The molecule has 0 radical (unpaired) electrons. The van der Waals surface area contributed by atoms with E-state index in [1.165, 1.54) is 19.8 Å². The van der Waals surface area contributed by atoms with Crippen LogP contribution in [0.5, 0.6) is 0 Å². The molecule has 3 aromatic carbocycles. The maximum absolute atomic E-state index is 10.5. The highest BCUT2D eigenvalue weighted by Gasteiger charge is 2.37. The Morgan fingerprint density at radius 2 is 0.969 bits per heavy atom. The topological polar surface area (TPSA) is 161 Å². The molecule has 0 saturated carbocycles. The summed E-state index contributed by atoms with van der Waals surface area (Å²) in [6, 6.07) is 31.3. The molecule has 0 aliphatic carbocycles. The minimum atomic E-state index is -0.647. The highest BCUT2D eigenvalue weighted by atomic mass is 35.5. The standard InChI is InChI=1S/C23H24O2S2.C9H18O3S2.C6H11ClO3S2.C6H12O3S2/c24-16-18-26-27-19-17-25-23(20-10-4-1-5-11-20,21-12-6-2-7-13-21)22-14-8-3-9-15-22;10-4-7-13-14-8-6-12-9-3-1-2-5-11-9;7-5-6(9)10-2-4-12-11-3-1-8;1-6(8)9-3-5-11-10-4-2-7/h1-15,24H,16-19H2;9-10H,1-8H2;8H,1-5H2;7H,2-5H2,1H3. The van der Waals surface area contributed by atoms with Crippen LogP contribution < -0.4 is 0 Å². The Kier molecular flexibility index (Phi) is 43.1. The summed E-state index contributed by atoms with van der Waals surface area (Å²) in [4.78, 5) is 20.7. The van der Waals surface area contributed by atoms with Gasteiger partial charge in [0.05, 0.1) is 39.6 Å². The predicted molar refractivity (Wildman–Crippen MR) is 281 cm³/mol. The molecule has 1 heterocycles. The Hall–Kier alpha value is -0.590. The van der Waals surface area contributed by atoms with E-state index >= 15 is 0 Å². The van der Waals surface area contributed by atoms with Gasteiger partial charge in [-0.2, -0.15) is 0 Å². The van der Waals surface area contributed by atoms with Crippen LogP contribution in [-0.2, 0) is 38.9 Å².